The molecule has 0 unspecified atom stereocenters. The van der Waals surface area contributed by atoms with E-state index in [0.717, 1.165) is 6.08 Å². The SMILES string of the molecule is COc1cc(OC)c2c(c1Cl)O[C@@]1(C(=O)C=C(O)C[C@H]1C)C2=O. The molecule has 0 fully saturated rings. The molecule has 0 amide bonds. The highest BCUT2D eigenvalue weighted by molar-refractivity contribution is 6.36. The summed E-state index contributed by atoms with van der Waals surface area (Å²) in [6, 6.07) is 1.48. The van der Waals surface area contributed by atoms with Gasteiger partial charge in [0.05, 0.1) is 20.0 Å². The van der Waals surface area contributed by atoms with Crippen LogP contribution < -0.4 is 14.2 Å². The molecular formula is C16H15ClO6. The van der Waals surface area contributed by atoms with E-state index in [1.165, 1.54) is 20.3 Å². The number of aliphatic hydroxyl groups is 1. The van der Waals surface area contributed by atoms with Crippen molar-refractivity contribution >= 4 is 23.2 Å². The molecule has 23 heavy (non-hydrogen) atoms. The third-order valence-corrected chi connectivity index (χ3v) is 4.65. The van der Waals surface area contributed by atoms with Gasteiger partial charge in [-0.15, -0.1) is 0 Å². The zero-order chi connectivity index (χ0) is 16.9. The molecule has 1 N–H and O–H groups in total. The third kappa shape index (κ3) is 1.94. The van der Waals surface area contributed by atoms with Gasteiger partial charge in [-0.2, -0.15) is 0 Å². The first-order valence-electron chi connectivity index (χ1n) is 6.99. The monoisotopic (exact) mass is 338 g/mol. The van der Waals surface area contributed by atoms with Gasteiger partial charge < -0.3 is 19.3 Å². The van der Waals surface area contributed by atoms with Gasteiger partial charge in [-0.05, 0) is 0 Å². The minimum absolute atomic E-state index is 0.0721. The average molecular weight is 339 g/mol. The van der Waals surface area contributed by atoms with E-state index in [1.54, 1.807) is 6.92 Å². The number of rotatable bonds is 2. The van der Waals surface area contributed by atoms with Crippen LogP contribution in [-0.4, -0.2) is 36.5 Å². The number of benzene rings is 1. The van der Waals surface area contributed by atoms with E-state index in [9.17, 15) is 14.7 Å². The summed E-state index contributed by atoms with van der Waals surface area (Å²) in [4.78, 5) is 25.5. The van der Waals surface area contributed by atoms with Crippen molar-refractivity contribution in [3.63, 3.8) is 0 Å². The number of Topliss-reactive ketones (excluding diaryl/α,β-unsaturated/α-hetero) is 1. The van der Waals surface area contributed by atoms with Crippen LogP contribution in [0.1, 0.15) is 23.7 Å². The zero-order valence-corrected chi connectivity index (χ0v) is 13.6. The summed E-state index contributed by atoms with van der Waals surface area (Å²) < 4.78 is 16.2. The Balaban J connectivity index is 2.23. The topological polar surface area (TPSA) is 82.1 Å². The van der Waals surface area contributed by atoms with Gasteiger partial charge in [0, 0.05) is 24.5 Å². The van der Waals surface area contributed by atoms with Crippen molar-refractivity contribution < 1.29 is 28.9 Å². The fourth-order valence-electron chi connectivity index (χ4n) is 3.11. The summed E-state index contributed by atoms with van der Waals surface area (Å²) in [5.41, 5.74) is -1.61. The highest BCUT2D eigenvalue weighted by Gasteiger charge is 2.60. The number of allylic oxidation sites excluding steroid dienone is 1. The lowest BCUT2D eigenvalue weighted by molar-refractivity contribution is -0.129. The van der Waals surface area contributed by atoms with Crippen LogP contribution >= 0.6 is 11.6 Å². The van der Waals surface area contributed by atoms with Gasteiger partial charge in [0.25, 0.3) is 0 Å². The summed E-state index contributed by atoms with van der Waals surface area (Å²) in [6.45, 7) is 1.67. The minimum Gasteiger partial charge on any atom is -0.512 e. The smallest absolute Gasteiger partial charge is 0.236 e. The number of ketones is 2. The molecule has 0 saturated heterocycles. The predicted molar refractivity (Wildman–Crippen MR) is 81.7 cm³/mol. The Bertz CT molecular complexity index is 753. The van der Waals surface area contributed by atoms with E-state index in [-0.39, 0.29) is 40.0 Å². The Hall–Kier alpha value is -2.21. The molecule has 1 aromatic rings. The molecule has 7 heteroatoms. The molecule has 2 aliphatic rings. The van der Waals surface area contributed by atoms with Crippen LogP contribution in [0.4, 0.5) is 0 Å². The largest absolute Gasteiger partial charge is 0.512 e. The van der Waals surface area contributed by atoms with Crippen LogP contribution in [-0.2, 0) is 4.79 Å². The molecule has 1 aliphatic carbocycles. The zero-order valence-electron chi connectivity index (χ0n) is 12.8. The Morgan fingerprint density at radius 1 is 1.30 bits per heavy atom. The van der Waals surface area contributed by atoms with E-state index < -0.39 is 23.1 Å². The van der Waals surface area contributed by atoms with Gasteiger partial charge in [0.15, 0.2) is 5.75 Å². The molecule has 0 bridgehead atoms. The number of carbonyl (C=O) groups is 2. The minimum atomic E-state index is -1.72. The fraction of sp³-hybridized carbons (Fsp3) is 0.375. The first-order chi connectivity index (χ1) is 10.9. The van der Waals surface area contributed by atoms with E-state index >= 15 is 0 Å². The lowest BCUT2D eigenvalue weighted by atomic mass is 9.75. The Morgan fingerprint density at radius 3 is 2.52 bits per heavy atom. The quantitative estimate of drug-likeness (QED) is 0.835. The van der Waals surface area contributed by atoms with Crippen LogP contribution in [0.15, 0.2) is 17.9 Å². The third-order valence-electron chi connectivity index (χ3n) is 4.29. The molecule has 0 saturated carbocycles. The highest BCUT2D eigenvalue weighted by Crippen LogP contribution is 2.52. The number of aliphatic hydroxyl groups excluding tert-OH is 1. The molecule has 122 valence electrons. The molecule has 3 rings (SSSR count). The van der Waals surface area contributed by atoms with Crippen molar-refractivity contribution in [3.05, 3.63) is 28.5 Å². The van der Waals surface area contributed by atoms with Crippen molar-refractivity contribution in [2.24, 2.45) is 5.92 Å². The molecule has 1 aliphatic heterocycles. The van der Waals surface area contributed by atoms with Crippen LogP contribution in [0.5, 0.6) is 17.2 Å². The van der Waals surface area contributed by atoms with Gasteiger partial charge in [0.1, 0.15) is 22.1 Å². The van der Waals surface area contributed by atoms with E-state index in [4.69, 9.17) is 25.8 Å². The highest BCUT2D eigenvalue weighted by atomic mass is 35.5. The standard InChI is InChI=1S/C16H15ClO6/c1-7-4-8(18)5-11(19)16(7)15(20)12-9(21-2)6-10(22-3)13(17)14(12)23-16/h5-7,18H,4H2,1-3H3/t7-,16+/m1/s1. The van der Waals surface area contributed by atoms with Gasteiger partial charge >= 0.3 is 0 Å². The summed E-state index contributed by atoms with van der Waals surface area (Å²) >= 11 is 6.24. The van der Waals surface area contributed by atoms with E-state index in [2.05, 4.69) is 0 Å². The van der Waals surface area contributed by atoms with Crippen LogP contribution in [0.3, 0.4) is 0 Å². The molecule has 1 aromatic carbocycles. The second-order valence-electron chi connectivity index (χ2n) is 5.57. The maximum atomic E-state index is 13.0. The van der Waals surface area contributed by atoms with Crippen LogP contribution in [0, 0.1) is 5.92 Å². The number of fused-ring (bicyclic) bond motifs is 1. The van der Waals surface area contributed by atoms with Gasteiger partial charge in [-0.1, -0.05) is 18.5 Å². The average Bonchev–Trinajstić information content (AvgIpc) is 2.82. The van der Waals surface area contributed by atoms with Crippen molar-refractivity contribution in [2.75, 3.05) is 14.2 Å². The summed E-state index contributed by atoms with van der Waals surface area (Å²) in [5.74, 6) is -1.17. The van der Waals surface area contributed by atoms with Crippen molar-refractivity contribution in [3.8, 4) is 17.2 Å². The van der Waals surface area contributed by atoms with E-state index in [1.807, 2.05) is 0 Å². The molecule has 6 nitrogen and oxygen atoms in total. The van der Waals surface area contributed by atoms with Crippen LogP contribution in [0.25, 0.3) is 0 Å². The van der Waals surface area contributed by atoms with Gasteiger partial charge in [-0.25, -0.2) is 0 Å². The molecule has 1 heterocycles. The van der Waals surface area contributed by atoms with Gasteiger partial charge in [0.2, 0.25) is 17.2 Å². The fourth-order valence-corrected chi connectivity index (χ4v) is 3.37. The van der Waals surface area contributed by atoms with Crippen LogP contribution in [0.2, 0.25) is 5.02 Å². The second kappa shape index (κ2) is 5.16. The van der Waals surface area contributed by atoms with E-state index in [0.29, 0.717) is 0 Å². The lowest BCUT2D eigenvalue weighted by Crippen LogP contribution is -2.54. The number of hydrogen-bond donors (Lipinski definition) is 1. The number of methoxy groups -OCH3 is 2. The first kappa shape index (κ1) is 15.7. The number of halogens is 1. The normalized spacial score (nSPS) is 25.9. The molecule has 0 aromatic heterocycles. The Labute approximate surface area is 137 Å². The summed E-state index contributed by atoms with van der Waals surface area (Å²) in [7, 11) is 2.83. The number of hydrogen-bond acceptors (Lipinski definition) is 6. The van der Waals surface area contributed by atoms with Gasteiger partial charge in [-0.3, -0.25) is 9.59 Å². The van der Waals surface area contributed by atoms with Crippen molar-refractivity contribution in [1.29, 1.82) is 0 Å². The lowest BCUT2D eigenvalue weighted by Gasteiger charge is -2.33. The predicted octanol–water partition coefficient (Wildman–Crippen LogP) is 2.72. The second-order valence-corrected chi connectivity index (χ2v) is 5.95. The van der Waals surface area contributed by atoms with Crippen molar-refractivity contribution in [1.82, 2.24) is 0 Å². The van der Waals surface area contributed by atoms with Crippen molar-refractivity contribution in [2.45, 2.75) is 18.9 Å². The summed E-state index contributed by atoms with van der Waals surface area (Å²) in [6.07, 6.45) is 1.18. The molecule has 0 radical (unpaired) electrons. The number of ether oxygens (including phenoxy) is 3. The Kier molecular flexibility index (Phi) is 3.52. The molecular weight excluding hydrogens is 324 g/mol. The molecule has 1 spiro atoms. The number of carbonyl (C=O) groups excluding carboxylic acids is 2. The molecule has 2 atom stereocenters. The first-order valence-corrected chi connectivity index (χ1v) is 7.36. The Morgan fingerprint density at radius 2 is 1.96 bits per heavy atom. The maximum Gasteiger partial charge on any atom is 0.236 e. The maximum absolute atomic E-state index is 13.0. The summed E-state index contributed by atoms with van der Waals surface area (Å²) in [5, 5.41) is 9.74.